The summed E-state index contributed by atoms with van der Waals surface area (Å²) in [5.74, 6) is -1.39. The molecule has 27 heteroatoms. The van der Waals surface area contributed by atoms with Gasteiger partial charge in [0.05, 0.1) is 53.5 Å². The molecule has 12 rings (SSSR count). The normalized spacial score (nSPS) is 9.35. The van der Waals surface area contributed by atoms with Crippen LogP contribution in [0.4, 0.5) is 22.7 Å². The minimum atomic E-state index is -3.87. The summed E-state index contributed by atoms with van der Waals surface area (Å²) in [6.45, 7) is 72.1. The minimum Gasteiger partial charge on any atom is -0.618 e. The molecule has 0 spiro atoms. The number of sulfonamides is 4. The molecule has 4 aromatic heterocycles. The first-order valence-corrected chi connectivity index (χ1v) is 52.8. The average molecular weight is 2120 g/mol. The molecule has 0 unspecified atom stereocenters. The number of aromatic nitrogens is 4. The molecule has 0 aliphatic heterocycles. The van der Waals surface area contributed by atoms with Crippen LogP contribution >= 0.6 is 0 Å². The van der Waals surface area contributed by atoms with Crippen molar-refractivity contribution in [3.8, 4) is 0 Å². The summed E-state index contributed by atoms with van der Waals surface area (Å²) < 4.78 is 113. The second kappa shape index (κ2) is 80.1. The molecule has 0 atom stereocenters. The van der Waals surface area contributed by atoms with Crippen molar-refractivity contribution in [1.82, 2.24) is 9.97 Å². The second-order valence-corrected chi connectivity index (χ2v) is 31.6. The number of nitrogens with one attached hydrogen (secondary N) is 4. The van der Waals surface area contributed by atoms with Crippen molar-refractivity contribution in [3.05, 3.63) is 374 Å². The molecule has 8 aromatic carbocycles. The first-order chi connectivity index (χ1) is 64.7. The maximum Gasteiger partial charge on any atom is 0.261 e. The molecule has 0 amide bonds. The number of rotatable bonds is 20. The molecule has 0 aliphatic rings. The topological polar surface area (TPSA) is 333 Å². The van der Waals surface area contributed by atoms with Crippen molar-refractivity contribution >= 4 is 86.0 Å². The monoisotopic (exact) mass is 2120 g/mol. The zero-order chi connectivity index (χ0) is 106. The number of aryl methyl sites for hydroxylation is 8. The Morgan fingerprint density at radius 2 is 0.555 bits per heavy atom. The van der Waals surface area contributed by atoms with Gasteiger partial charge in [0.15, 0.2) is 29.7 Å². The molecule has 4 N–H and O–H groups in total. The molecule has 12 aromatic rings. The van der Waals surface area contributed by atoms with Gasteiger partial charge in [0.25, 0.3) is 40.1 Å². The fourth-order valence-electron chi connectivity index (χ4n) is 10.4. The van der Waals surface area contributed by atoms with Crippen LogP contribution in [0.3, 0.4) is 0 Å². The van der Waals surface area contributed by atoms with Crippen molar-refractivity contribution < 1.29 is 109 Å². The van der Waals surface area contributed by atoms with E-state index in [-0.39, 0.29) is 142 Å². The van der Waals surface area contributed by atoms with Gasteiger partial charge >= 0.3 is 0 Å². The molecular formula is C110H161N8O14S4Yb-. The minimum absolute atomic E-state index is 0. The van der Waals surface area contributed by atoms with E-state index in [4.69, 9.17) is 0 Å². The molecule has 0 radical (unpaired) electrons. The van der Waals surface area contributed by atoms with E-state index in [0.29, 0.717) is 31.8 Å². The van der Waals surface area contributed by atoms with E-state index in [0.717, 1.165) is 39.1 Å². The zero-order valence-corrected chi connectivity index (χ0v) is 93.7. The van der Waals surface area contributed by atoms with E-state index in [1.807, 2.05) is 222 Å². The first-order valence-electron chi connectivity index (χ1n) is 46.9. The van der Waals surface area contributed by atoms with Gasteiger partial charge in [-0.3, -0.25) is 48.0 Å². The average Bonchev–Trinajstić information content (AvgIpc) is 0.818. The molecule has 22 nitrogen and oxygen atoms in total. The maximum absolute atomic E-state index is 13.1. The molecule has 0 bridgehead atoms. The van der Waals surface area contributed by atoms with Crippen LogP contribution in [0.15, 0.2) is 281 Å². The first kappa shape index (κ1) is 142. The van der Waals surface area contributed by atoms with Crippen molar-refractivity contribution in [2.75, 3.05) is 18.9 Å². The van der Waals surface area contributed by atoms with E-state index in [1.54, 1.807) is 229 Å². The Morgan fingerprint density at radius 1 is 0.270 bits per heavy atom. The number of carbonyl (C=O) groups excluding carboxylic acids is 4. The number of ketones is 4. The van der Waals surface area contributed by atoms with E-state index in [9.17, 15) is 63.3 Å². The second-order valence-electron chi connectivity index (χ2n) is 24.8. The number of para-hydroxylation sites is 1. The summed E-state index contributed by atoms with van der Waals surface area (Å²) >= 11 is 0. The number of carbonyl (C=O) groups is 4. The van der Waals surface area contributed by atoms with Gasteiger partial charge in [-0.05, 0) is 182 Å². The van der Waals surface area contributed by atoms with Crippen molar-refractivity contribution in [3.63, 3.8) is 0 Å². The van der Waals surface area contributed by atoms with Crippen LogP contribution in [0.1, 0.15) is 308 Å². The van der Waals surface area contributed by atoms with Gasteiger partial charge < -0.3 is 17.8 Å². The fourth-order valence-corrected chi connectivity index (χ4v) is 14.8. The summed E-state index contributed by atoms with van der Waals surface area (Å²) in [5, 5.41) is 23.6. The third-order valence-corrected chi connectivity index (χ3v) is 21.9. The molecule has 764 valence electrons. The summed E-state index contributed by atoms with van der Waals surface area (Å²) in [6, 6.07) is 61.3. The number of hydrogen-bond acceptors (Lipinski definition) is 16. The van der Waals surface area contributed by atoms with Gasteiger partial charge in [0, 0.05) is 131 Å². The van der Waals surface area contributed by atoms with Crippen molar-refractivity contribution in [2.45, 2.75) is 276 Å². The molecule has 0 fully saturated rings. The van der Waals surface area contributed by atoms with E-state index in [1.165, 1.54) is 67.3 Å². The number of anilines is 4. The van der Waals surface area contributed by atoms with Crippen LogP contribution in [-0.4, -0.2) is 66.8 Å². The Labute approximate surface area is 866 Å². The van der Waals surface area contributed by atoms with E-state index in [2.05, 4.69) is 28.9 Å². The molecular weight excluding hydrogens is 1960 g/mol. The molecule has 137 heavy (non-hydrogen) atoms. The third kappa shape index (κ3) is 48.3. The van der Waals surface area contributed by atoms with Gasteiger partial charge in [-0.1, -0.05) is 312 Å². The molecule has 4 heterocycles. The van der Waals surface area contributed by atoms with Gasteiger partial charge in [-0.2, -0.15) is 9.46 Å². The largest absolute Gasteiger partial charge is 0.618 e. The molecule has 0 aliphatic carbocycles. The van der Waals surface area contributed by atoms with Crippen LogP contribution < -0.4 is 28.3 Å². The van der Waals surface area contributed by atoms with Gasteiger partial charge in [-0.25, -0.2) is 33.7 Å². The van der Waals surface area contributed by atoms with Crippen molar-refractivity contribution in [2.24, 2.45) is 0 Å². The maximum atomic E-state index is 13.1. The standard InChI is InChI=1S/2C21H20N2O4S.C21H20N2O3S.C18H14N2O3S.14C2H6.CH3.Yb/c1-14-4-9-18(10-5-14)28(26,27)22-20-11-6-15(2)12-19(20)21(24)17-8-7-16(3)23(25)13-17;1-14-6-9-17(10-7-14)28(26,27)22-20-11-8-15(2)13-19(20)21(24)18-5-4-12-23(25)16(18)3;1-14-4-7-18(8-5-14)27(25,26)23-20-9-6-15(2)12-19(20)21(24)17-10-11-22-16(3)13-17;21-18(14-10-12-19-13-11-14)16-8-4-5-9-17(16)20-24(22,23)15-6-2-1-3-7-15;14*1-2;;/h2*4-13,22H,1-3H3;4-13,23H,1-3H3;1-13,20H;14*1-2H3;1H3;/q;;;;;;;;;;;;;;;;;;-1;. The smallest absolute Gasteiger partial charge is 0.261 e. The number of benzene rings is 8. The Balaban J connectivity index is -0.000000247. The number of hydrogen-bond donors (Lipinski definition) is 4. The SMILES string of the molecule is CC.CC.CC.CC.CC.CC.CC.CC.CC.CC.CC.CC.CC.CC.Cc1ccc(S(=O)(=O)Nc2ccc(C)cc2C(=O)c2ccc(C)[n+]([O-])c2)cc1.Cc1ccc(S(=O)(=O)Nc2ccc(C)cc2C(=O)c2ccc[n+]([O-])c2C)cc1.Cc1ccc(S(=O)(=O)Nc2ccc(C)cc2C(=O)c2ccnc(C)c2)cc1.O=C(c1ccncc1)c1ccccc1NS(=O)(=O)c1ccccc1.[CH3-].[Yb]. The Hall–Kier alpha value is -10.8. The fraction of sp³-hybridized carbons (Fsp3) is 0.336. The molecule has 0 saturated carbocycles. The Bertz CT molecular complexity index is 5820. The van der Waals surface area contributed by atoms with Crippen molar-refractivity contribution in [1.29, 1.82) is 0 Å². The van der Waals surface area contributed by atoms with Crippen LogP contribution in [0.25, 0.3) is 0 Å². The van der Waals surface area contributed by atoms with Gasteiger partial charge in [-0.15, -0.1) is 0 Å². The Morgan fingerprint density at radius 3 is 0.898 bits per heavy atom. The number of nitrogens with zero attached hydrogens (tertiary/aromatic N) is 4. The van der Waals surface area contributed by atoms with Gasteiger partial charge in [0.1, 0.15) is 0 Å². The predicted molar refractivity (Wildman–Crippen MR) is 576 cm³/mol. The van der Waals surface area contributed by atoms with Crippen LogP contribution in [0, 0.1) is 127 Å². The van der Waals surface area contributed by atoms with E-state index >= 15 is 0 Å². The number of pyridine rings is 4. The molecule has 0 saturated heterocycles. The quantitative estimate of drug-likeness (QED) is 0.0238. The van der Waals surface area contributed by atoms with E-state index < -0.39 is 51.7 Å². The van der Waals surface area contributed by atoms with Crippen LogP contribution in [0.5, 0.6) is 0 Å². The van der Waals surface area contributed by atoms with Crippen LogP contribution in [-0.2, 0) is 40.1 Å². The summed E-state index contributed by atoms with van der Waals surface area (Å²) in [4.78, 5) is 60.1. The predicted octanol–water partition coefficient (Wildman–Crippen LogP) is 28.5. The summed E-state index contributed by atoms with van der Waals surface area (Å²) in [7, 11) is -15.3. The van der Waals surface area contributed by atoms with Gasteiger partial charge in [0.2, 0.25) is 17.3 Å². The zero-order valence-electron chi connectivity index (χ0n) is 88.7. The summed E-state index contributed by atoms with van der Waals surface area (Å²) in [6.07, 6.45) is 7.10. The van der Waals surface area contributed by atoms with Crippen LogP contribution in [0.2, 0.25) is 0 Å². The Kier molecular flexibility index (Phi) is 82.8. The third-order valence-electron chi connectivity index (χ3n) is 16.4. The summed E-state index contributed by atoms with van der Waals surface area (Å²) in [5.41, 5.74) is 9.80.